The maximum absolute atomic E-state index is 5.73. The van der Waals surface area contributed by atoms with Crippen LogP contribution in [-0.4, -0.2) is 29.1 Å². The Morgan fingerprint density at radius 1 is 1.12 bits per heavy atom. The summed E-state index contributed by atoms with van der Waals surface area (Å²) < 4.78 is 17.0. The van der Waals surface area contributed by atoms with Gasteiger partial charge in [-0.15, -0.1) is 12.6 Å². The minimum atomic E-state index is -2.77. The third-order valence-corrected chi connectivity index (χ3v) is 5.74. The second-order valence-electron chi connectivity index (χ2n) is 3.14. The van der Waals surface area contributed by atoms with Gasteiger partial charge in [0.25, 0.3) is 0 Å². The van der Waals surface area contributed by atoms with E-state index in [0.29, 0.717) is 13.2 Å². The van der Waals surface area contributed by atoms with E-state index < -0.39 is 8.80 Å². The Balaban J connectivity index is 3.13. The van der Waals surface area contributed by atoms with E-state index in [9.17, 15) is 0 Å². The van der Waals surface area contributed by atoms with E-state index in [-0.39, 0.29) is 0 Å². The average Bonchev–Trinajstić information content (AvgIpc) is 2.29. The predicted molar refractivity (Wildman–Crippen MR) is 69.3 cm³/mol. The third kappa shape index (κ3) is 2.86. The van der Waals surface area contributed by atoms with Crippen molar-refractivity contribution >= 4 is 26.6 Å². The van der Waals surface area contributed by atoms with Gasteiger partial charge in [-0.05, 0) is 19.9 Å². The summed E-state index contributed by atoms with van der Waals surface area (Å²) in [6.07, 6.45) is 0. The summed E-state index contributed by atoms with van der Waals surface area (Å²) in [5.74, 6) is 0. The molecular formula is C11H18O3SSi. The summed E-state index contributed by atoms with van der Waals surface area (Å²) >= 11 is 4.43. The molecule has 1 aromatic rings. The van der Waals surface area contributed by atoms with Crippen molar-refractivity contribution in [3.63, 3.8) is 0 Å². The van der Waals surface area contributed by atoms with Crippen LogP contribution in [0.15, 0.2) is 29.2 Å². The van der Waals surface area contributed by atoms with Gasteiger partial charge in [-0.2, -0.15) is 0 Å². The first-order chi connectivity index (χ1) is 7.70. The number of benzene rings is 1. The molecule has 3 nitrogen and oxygen atoms in total. The van der Waals surface area contributed by atoms with E-state index in [1.807, 2.05) is 38.1 Å². The van der Waals surface area contributed by atoms with E-state index in [1.165, 1.54) is 0 Å². The fraction of sp³-hybridized carbons (Fsp3) is 0.455. The fourth-order valence-corrected chi connectivity index (χ4v) is 4.42. The van der Waals surface area contributed by atoms with E-state index in [1.54, 1.807) is 7.11 Å². The lowest BCUT2D eigenvalue weighted by molar-refractivity contribution is 0.101. The highest BCUT2D eigenvalue weighted by atomic mass is 32.1. The molecule has 1 aromatic carbocycles. The van der Waals surface area contributed by atoms with Crippen molar-refractivity contribution in [2.75, 3.05) is 20.3 Å². The summed E-state index contributed by atoms with van der Waals surface area (Å²) in [6.45, 7) is 4.98. The molecule has 0 heterocycles. The predicted octanol–water partition coefficient (Wildman–Crippen LogP) is 1.84. The van der Waals surface area contributed by atoms with Gasteiger partial charge in [0, 0.05) is 30.4 Å². The maximum atomic E-state index is 5.73. The molecule has 16 heavy (non-hydrogen) atoms. The molecule has 0 bridgehead atoms. The Bertz CT molecular complexity index is 327. The number of hydrogen-bond donors (Lipinski definition) is 1. The van der Waals surface area contributed by atoms with Crippen LogP contribution in [0, 0.1) is 0 Å². The van der Waals surface area contributed by atoms with Gasteiger partial charge < -0.3 is 13.3 Å². The highest BCUT2D eigenvalue weighted by Crippen LogP contribution is 2.14. The molecule has 5 heteroatoms. The van der Waals surface area contributed by atoms with Crippen molar-refractivity contribution < 1.29 is 13.3 Å². The number of thiol groups is 1. The topological polar surface area (TPSA) is 27.7 Å². The molecule has 0 atom stereocenters. The standard InChI is InChI=1S/C11H18O3SSi/c1-4-13-16(12-3,14-5-2)11-9-7-6-8-10(11)15/h6-9,15H,4-5H2,1-3H3. The molecule has 0 aliphatic carbocycles. The molecule has 0 saturated carbocycles. The first-order valence-corrected chi connectivity index (χ1v) is 7.49. The lowest BCUT2D eigenvalue weighted by atomic mass is 10.4. The Labute approximate surface area is 104 Å². The molecule has 0 unspecified atom stereocenters. The minimum absolute atomic E-state index is 0.558. The Hall–Kier alpha value is -0.333. The average molecular weight is 258 g/mol. The molecule has 0 amide bonds. The number of hydrogen-bond acceptors (Lipinski definition) is 4. The van der Waals surface area contributed by atoms with Crippen LogP contribution in [0.1, 0.15) is 13.8 Å². The van der Waals surface area contributed by atoms with Crippen molar-refractivity contribution in [1.82, 2.24) is 0 Å². The lowest BCUT2D eigenvalue weighted by Gasteiger charge is -2.28. The molecule has 0 aromatic heterocycles. The first kappa shape index (κ1) is 13.7. The van der Waals surface area contributed by atoms with Crippen LogP contribution in [0.25, 0.3) is 0 Å². The van der Waals surface area contributed by atoms with Crippen LogP contribution in [0.2, 0.25) is 0 Å². The quantitative estimate of drug-likeness (QED) is 0.623. The first-order valence-electron chi connectivity index (χ1n) is 5.31. The van der Waals surface area contributed by atoms with E-state index in [4.69, 9.17) is 13.3 Å². The maximum Gasteiger partial charge on any atom is 0.538 e. The summed E-state index contributed by atoms with van der Waals surface area (Å²) in [5, 5.41) is 0.921. The molecule has 1 rings (SSSR count). The minimum Gasteiger partial charge on any atom is -0.373 e. The van der Waals surface area contributed by atoms with Crippen LogP contribution in [0.5, 0.6) is 0 Å². The van der Waals surface area contributed by atoms with Crippen LogP contribution >= 0.6 is 12.6 Å². The summed E-state index contributed by atoms with van der Waals surface area (Å²) in [7, 11) is -1.14. The summed E-state index contributed by atoms with van der Waals surface area (Å²) in [6, 6.07) is 7.73. The highest BCUT2D eigenvalue weighted by molar-refractivity contribution is 7.80. The zero-order chi connectivity index (χ0) is 12.0. The molecule has 90 valence electrons. The second-order valence-corrected chi connectivity index (χ2v) is 6.26. The van der Waals surface area contributed by atoms with Crippen molar-refractivity contribution in [3.05, 3.63) is 24.3 Å². The van der Waals surface area contributed by atoms with Crippen LogP contribution in [0.4, 0.5) is 0 Å². The van der Waals surface area contributed by atoms with Gasteiger partial charge in [0.15, 0.2) is 0 Å². The normalized spacial score (nSPS) is 11.8. The van der Waals surface area contributed by atoms with E-state index in [0.717, 1.165) is 10.1 Å². The van der Waals surface area contributed by atoms with E-state index in [2.05, 4.69) is 12.6 Å². The van der Waals surface area contributed by atoms with Crippen LogP contribution < -0.4 is 5.19 Å². The lowest BCUT2D eigenvalue weighted by Crippen LogP contribution is -2.56. The van der Waals surface area contributed by atoms with Crippen molar-refractivity contribution in [2.24, 2.45) is 0 Å². The smallest absolute Gasteiger partial charge is 0.373 e. The fourth-order valence-electron chi connectivity index (χ4n) is 1.54. The van der Waals surface area contributed by atoms with Crippen molar-refractivity contribution in [3.8, 4) is 0 Å². The van der Waals surface area contributed by atoms with Gasteiger partial charge in [-0.3, -0.25) is 0 Å². The summed E-state index contributed by atoms with van der Waals surface area (Å²) in [5.41, 5.74) is 0. The highest BCUT2D eigenvalue weighted by Gasteiger charge is 2.43. The largest absolute Gasteiger partial charge is 0.538 e. The Morgan fingerprint density at radius 3 is 2.12 bits per heavy atom. The molecule has 0 saturated heterocycles. The zero-order valence-electron chi connectivity index (χ0n) is 9.90. The molecular weight excluding hydrogens is 240 g/mol. The summed E-state index contributed by atoms with van der Waals surface area (Å²) in [4.78, 5) is 0.845. The van der Waals surface area contributed by atoms with Gasteiger partial charge >= 0.3 is 8.80 Å². The zero-order valence-corrected chi connectivity index (χ0v) is 11.8. The molecule has 0 radical (unpaired) electrons. The Morgan fingerprint density at radius 2 is 1.69 bits per heavy atom. The van der Waals surface area contributed by atoms with Gasteiger partial charge in [-0.1, -0.05) is 18.2 Å². The van der Waals surface area contributed by atoms with Crippen molar-refractivity contribution in [1.29, 1.82) is 0 Å². The molecule has 0 N–H and O–H groups in total. The van der Waals surface area contributed by atoms with Crippen LogP contribution in [0.3, 0.4) is 0 Å². The van der Waals surface area contributed by atoms with Crippen LogP contribution in [-0.2, 0) is 13.3 Å². The van der Waals surface area contributed by atoms with Gasteiger partial charge in [0.1, 0.15) is 0 Å². The number of rotatable bonds is 6. The Kier molecular flexibility index (Phi) is 5.50. The van der Waals surface area contributed by atoms with Crippen molar-refractivity contribution in [2.45, 2.75) is 18.7 Å². The third-order valence-electron chi connectivity index (χ3n) is 2.17. The van der Waals surface area contributed by atoms with Gasteiger partial charge in [-0.25, -0.2) is 0 Å². The van der Waals surface area contributed by atoms with Gasteiger partial charge in [0.05, 0.1) is 0 Å². The van der Waals surface area contributed by atoms with Gasteiger partial charge in [0.2, 0.25) is 0 Å². The SMILES string of the molecule is CCO[Si](OC)(OCC)c1ccccc1S. The van der Waals surface area contributed by atoms with E-state index >= 15 is 0 Å². The second kappa shape index (κ2) is 6.41. The molecule has 0 fully saturated rings. The molecule has 0 aliphatic heterocycles. The monoisotopic (exact) mass is 258 g/mol. The molecule has 0 aliphatic rings. The molecule has 0 spiro atoms.